The van der Waals surface area contributed by atoms with Crippen LogP contribution in [0.4, 0.5) is 5.69 Å². The van der Waals surface area contributed by atoms with Crippen LogP contribution in [-0.2, 0) is 10.0 Å². The number of carbonyl (C=O) groups excluding carboxylic acids is 1. The second-order valence-electron chi connectivity index (χ2n) is 7.10. The fourth-order valence-corrected chi connectivity index (χ4v) is 4.49. The number of hydrogen-bond donors (Lipinski definition) is 2. The van der Waals surface area contributed by atoms with Crippen LogP contribution in [0.15, 0.2) is 35.2 Å². The summed E-state index contributed by atoms with van der Waals surface area (Å²) in [4.78, 5) is 12.8. The first-order chi connectivity index (χ1) is 13.0. The highest BCUT2D eigenvalue weighted by atomic mass is 32.2. The van der Waals surface area contributed by atoms with Crippen molar-refractivity contribution in [2.75, 3.05) is 11.9 Å². The highest BCUT2D eigenvalue weighted by Crippen LogP contribution is 2.27. The number of aryl methyl sites for hydroxylation is 3. The van der Waals surface area contributed by atoms with Gasteiger partial charge in [0, 0.05) is 17.3 Å². The molecule has 0 radical (unpaired) electrons. The number of hydrogen-bond acceptors (Lipinski definition) is 4. The maximum atomic E-state index is 12.8. The number of ether oxygens (including phenoxy) is 1. The van der Waals surface area contributed by atoms with Gasteiger partial charge in [0.05, 0.1) is 6.61 Å². The molecule has 0 atom stereocenters. The standard InChI is InChI=1S/C21H28N2O4S/c1-7-27-18-9-8-17(12-19(18)28(25,26)23-13(2)3)21(24)22-20-15(5)10-14(4)11-16(20)6/h8-13,23H,7H2,1-6H3,(H,22,24). The van der Waals surface area contributed by atoms with E-state index in [0.29, 0.717) is 6.61 Å². The lowest BCUT2D eigenvalue weighted by molar-refractivity contribution is 0.102. The minimum Gasteiger partial charge on any atom is -0.492 e. The van der Waals surface area contributed by atoms with Gasteiger partial charge in [-0.05, 0) is 70.9 Å². The molecule has 152 valence electrons. The van der Waals surface area contributed by atoms with Crippen molar-refractivity contribution in [3.63, 3.8) is 0 Å². The van der Waals surface area contributed by atoms with Gasteiger partial charge in [-0.2, -0.15) is 0 Å². The molecule has 0 fully saturated rings. The summed E-state index contributed by atoms with van der Waals surface area (Å²) in [6.07, 6.45) is 0. The van der Waals surface area contributed by atoms with Crippen LogP contribution in [0.25, 0.3) is 0 Å². The zero-order valence-corrected chi connectivity index (χ0v) is 18.0. The summed E-state index contributed by atoms with van der Waals surface area (Å²) in [7, 11) is -3.82. The zero-order valence-electron chi connectivity index (χ0n) is 17.2. The lowest BCUT2D eigenvalue weighted by atomic mass is 10.0. The van der Waals surface area contributed by atoms with Gasteiger partial charge in [0.25, 0.3) is 5.91 Å². The lowest BCUT2D eigenvalue weighted by Gasteiger charge is -2.16. The predicted octanol–water partition coefficient (Wildman–Crippen LogP) is 3.95. The van der Waals surface area contributed by atoms with E-state index < -0.39 is 10.0 Å². The Kier molecular flexibility index (Phi) is 6.85. The van der Waals surface area contributed by atoms with Crippen LogP contribution in [-0.4, -0.2) is 27.0 Å². The molecule has 0 unspecified atom stereocenters. The summed E-state index contributed by atoms with van der Waals surface area (Å²) in [6.45, 7) is 11.4. The third-order valence-electron chi connectivity index (χ3n) is 4.10. The van der Waals surface area contributed by atoms with Crippen LogP contribution in [0.2, 0.25) is 0 Å². The fourth-order valence-electron chi connectivity index (χ4n) is 3.07. The van der Waals surface area contributed by atoms with E-state index in [1.54, 1.807) is 26.8 Å². The highest BCUT2D eigenvalue weighted by Gasteiger charge is 2.23. The van der Waals surface area contributed by atoms with Gasteiger partial charge in [0.1, 0.15) is 10.6 Å². The van der Waals surface area contributed by atoms with E-state index in [9.17, 15) is 13.2 Å². The molecule has 0 saturated heterocycles. The van der Waals surface area contributed by atoms with E-state index in [2.05, 4.69) is 10.0 Å². The summed E-state index contributed by atoms with van der Waals surface area (Å²) in [5.41, 5.74) is 3.99. The van der Waals surface area contributed by atoms with Crippen molar-refractivity contribution in [2.45, 2.75) is 52.5 Å². The minimum atomic E-state index is -3.82. The molecule has 0 aromatic heterocycles. The van der Waals surface area contributed by atoms with E-state index in [1.807, 2.05) is 32.9 Å². The second kappa shape index (κ2) is 8.75. The Bertz CT molecular complexity index is 959. The maximum Gasteiger partial charge on any atom is 0.255 e. The molecule has 0 aliphatic carbocycles. The second-order valence-corrected chi connectivity index (χ2v) is 8.78. The van der Waals surface area contributed by atoms with E-state index in [-0.39, 0.29) is 28.2 Å². The molecule has 0 bridgehead atoms. The molecule has 7 heteroatoms. The molecule has 28 heavy (non-hydrogen) atoms. The van der Waals surface area contributed by atoms with Gasteiger partial charge in [-0.3, -0.25) is 4.79 Å². The summed E-state index contributed by atoms with van der Waals surface area (Å²) in [5, 5.41) is 2.90. The number of nitrogens with one attached hydrogen (secondary N) is 2. The molecular formula is C21H28N2O4S. The molecule has 6 nitrogen and oxygen atoms in total. The topological polar surface area (TPSA) is 84.5 Å². The summed E-state index contributed by atoms with van der Waals surface area (Å²) in [5.74, 6) is -0.158. The molecule has 0 heterocycles. The van der Waals surface area contributed by atoms with Gasteiger partial charge in [0.15, 0.2) is 0 Å². The number of anilines is 1. The van der Waals surface area contributed by atoms with E-state index in [4.69, 9.17) is 4.74 Å². The molecule has 1 amide bonds. The molecular weight excluding hydrogens is 376 g/mol. The van der Waals surface area contributed by atoms with Crippen molar-refractivity contribution in [1.82, 2.24) is 4.72 Å². The minimum absolute atomic E-state index is 0.0481. The van der Waals surface area contributed by atoms with Crippen molar-refractivity contribution in [1.29, 1.82) is 0 Å². The van der Waals surface area contributed by atoms with Crippen LogP contribution in [0.3, 0.4) is 0 Å². The highest BCUT2D eigenvalue weighted by molar-refractivity contribution is 7.89. The smallest absolute Gasteiger partial charge is 0.255 e. The largest absolute Gasteiger partial charge is 0.492 e. The van der Waals surface area contributed by atoms with Crippen molar-refractivity contribution in [3.8, 4) is 5.75 Å². The van der Waals surface area contributed by atoms with Crippen LogP contribution in [0.5, 0.6) is 5.75 Å². The van der Waals surface area contributed by atoms with Crippen molar-refractivity contribution in [3.05, 3.63) is 52.6 Å². The molecule has 2 aromatic carbocycles. The number of amides is 1. The molecule has 2 aromatic rings. The van der Waals surface area contributed by atoms with Crippen molar-refractivity contribution < 1.29 is 17.9 Å². The molecule has 2 rings (SSSR count). The average Bonchev–Trinajstić information content (AvgIpc) is 2.57. The van der Waals surface area contributed by atoms with Gasteiger partial charge in [-0.25, -0.2) is 13.1 Å². The van der Waals surface area contributed by atoms with Crippen molar-refractivity contribution in [2.24, 2.45) is 0 Å². The quantitative estimate of drug-likeness (QED) is 0.732. The monoisotopic (exact) mass is 404 g/mol. The van der Waals surface area contributed by atoms with Gasteiger partial charge in [-0.1, -0.05) is 17.7 Å². The van der Waals surface area contributed by atoms with Crippen LogP contribution in [0, 0.1) is 20.8 Å². The normalized spacial score (nSPS) is 11.5. The SMILES string of the molecule is CCOc1ccc(C(=O)Nc2c(C)cc(C)cc2C)cc1S(=O)(=O)NC(C)C. The Balaban J connectivity index is 2.44. The Morgan fingerprint density at radius 2 is 1.68 bits per heavy atom. The Labute approximate surface area is 167 Å². The molecule has 0 aliphatic heterocycles. The lowest BCUT2D eigenvalue weighted by Crippen LogP contribution is -2.30. The average molecular weight is 405 g/mol. The van der Waals surface area contributed by atoms with E-state index >= 15 is 0 Å². The van der Waals surface area contributed by atoms with Gasteiger partial charge in [-0.15, -0.1) is 0 Å². The third kappa shape index (κ3) is 5.11. The first-order valence-electron chi connectivity index (χ1n) is 9.23. The number of rotatable bonds is 7. The van der Waals surface area contributed by atoms with E-state index in [1.165, 1.54) is 12.1 Å². The van der Waals surface area contributed by atoms with Crippen LogP contribution < -0.4 is 14.8 Å². The molecule has 0 spiro atoms. The van der Waals surface area contributed by atoms with Gasteiger partial charge < -0.3 is 10.1 Å². The van der Waals surface area contributed by atoms with Gasteiger partial charge in [0.2, 0.25) is 10.0 Å². The predicted molar refractivity (Wildman–Crippen MR) is 112 cm³/mol. The number of carbonyl (C=O) groups is 1. The van der Waals surface area contributed by atoms with Crippen LogP contribution in [0.1, 0.15) is 47.8 Å². The Hall–Kier alpha value is -2.38. The van der Waals surface area contributed by atoms with Crippen LogP contribution >= 0.6 is 0 Å². The number of benzene rings is 2. The number of sulfonamides is 1. The van der Waals surface area contributed by atoms with Crippen molar-refractivity contribution >= 4 is 21.6 Å². The first-order valence-corrected chi connectivity index (χ1v) is 10.7. The molecule has 0 aliphatic rings. The molecule has 0 saturated carbocycles. The maximum absolute atomic E-state index is 12.8. The third-order valence-corrected chi connectivity index (χ3v) is 5.78. The van der Waals surface area contributed by atoms with E-state index in [0.717, 1.165) is 22.4 Å². The summed E-state index contributed by atoms with van der Waals surface area (Å²) >= 11 is 0. The Morgan fingerprint density at radius 3 is 2.21 bits per heavy atom. The summed E-state index contributed by atoms with van der Waals surface area (Å²) in [6, 6.07) is 8.13. The Morgan fingerprint density at radius 1 is 1.07 bits per heavy atom. The first kappa shape index (κ1) is 21.9. The molecule has 2 N–H and O–H groups in total. The summed E-state index contributed by atoms with van der Waals surface area (Å²) < 4.78 is 33.4. The van der Waals surface area contributed by atoms with Gasteiger partial charge >= 0.3 is 0 Å². The zero-order chi connectivity index (χ0) is 21.1. The fraction of sp³-hybridized carbons (Fsp3) is 0.381.